The standard InChI is InChI=1S/C16H26N2/c1-4-18(11-13-5-6-13)12-16(2,3)14-7-9-15(17)10-8-14/h7-10,13H,4-6,11-12,17H2,1-3H3. The zero-order chi connectivity index (χ0) is 13.2. The summed E-state index contributed by atoms with van der Waals surface area (Å²) in [4.78, 5) is 2.59. The molecule has 1 fully saturated rings. The Hall–Kier alpha value is -1.02. The molecule has 1 aromatic rings. The van der Waals surface area contributed by atoms with E-state index >= 15 is 0 Å². The second kappa shape index (κ2) is 5.31. The highest BCUT2D eigenvalue weighted by molar-refractivity contribution is 5.41. The highest BCUT2D eigenvalue weighted by Gasteiger charge is 2.28. The van der Waals surface area contributed by atoms with Crippen LogP contribution >= 0.6 is 0 Å². The normalized spacial score (nSPS) is 16.2. The molecular weight excluding hydrogens is 220 g/mol. The van der Waals surface area contributed by atoms with Gasteiger partial charge in [0.1, 0.15) is 0 Å². The molecule has 0 spiro atoms. The summed E-state index contributed by atoms with van der Waals surface area (Å²) in [6.07, 6.45) is 2.86. The van der Waals surface area contributed by atoms with Gasteiger partial charge in [0.15, 0.2) is 0 Å². The summed E-state index contributed by atoms with van der Waals surface area (Å²) >= 11 is 0. The molecule has 100 valence electrons. The first-order valence-corrected chi connectivity index (χ1v) is 7.09. The van der Waals surface area contributed by atoms with E-state index in [0.717, 1.165) is 24.7 Å². The van der Waals surface area contributed by atoms with E-state index in [-0.39, 0.29) is 5.41 Å². The van der Waals surface area contributed by atoms with Gasteiger partial charge in [-0.3, -0.25) is 0 Å². The molecule has 0 bridgehead atoms. The Morgan fingerprint density at radius 2 is 1.83 bits per heavy atom. The lowest BCUT2D eigenvalue weighted by atomic mass is 9.84. The van der Waals surface area contributed by atoms with Gasteiger partial charge in [0.25, 0.3) is 0 Å². The highest BCUT2D eigenvalue weighted by Crippen LogP contribution is 2.31. The summed E-state index contributed by atoms with van der Waals surface area (Å²) in [5.41, 5.74) is 8.18. The zero-order valence-corrected chi connectivity index (χ0v) is 11.9. The molecule has 0 saturated heterocycles. The van der Waals surface area contributed by atoms with Crippen LogP contribution < -0.4 is 5.73 Å². The number of hydrogen-bond donors (Lipinski definition) is 1. The van der Waals surface area contributed by atoms with Crippen LogP contribution in [0.4, 0.5) is 5.69 Å². The third-order valence-corrected chi connectivity index (χ3v) is 3.97. The Morgan fingerprint density at radius 3 is 2.33 bits per heavy atom. The third-order valence-electron chi connectivity index (χ3n) is 3.97. The molecule has 18 heavy (non-hydrogen) atoms. The minimum absolute atomic E-state index is 0.193. The van der Waals surface area contributed by atoms with Gasteiger partial charge in [-0.05, 0) is 43.0 Å². The van der Waals surface area contributed by atoms with Gasteiger partial charge < -0.3 is 10.6 Å². The van der Waals surface area contributed by atoms with Gasteiger partial charge >= 0.3 is 0 Å². The second-order valence-corrected chi connectivity index (χ2v) is 6.28. The fourth-order valence-electron chi connectivity index (χ4n) is 2.56. The van der Waals surface area contributed by atoms with Crippen LogP contribution in [0.25, 0.3) is 0 Å². The fourth-order valence-corrected chi connectivity index (χ4v) is 2.56. The first kappa shape index (κ1) is 13.4. The van der Waals surface area contributed by atoms with Crippen molar-refractivity contribution < 1.29 is 0 Å². The van der Waals surface area contributed by atoms with Gasteiger partial charge in [0.2, 0.25) is 0 Å². The van der Waals surface area contributed by atoms with Crippen LogP contribution in [0.1, 0.15) is 39.2 Å². The molecule has 0 radical (unpaired) electrons. The van der Waals surface area contributed by atoms with E-state index in [4.69, 9.17) is 5.73 Å². The van der Waals surface area contributed by atoms with E-state index in [1.165, 1.54) is 24.9 Å². The molecule has 1 aliphatic carbocycles. The number of rotatable bonds is 6. The second-order valence-electron chi connectivity index (χ2n) is 6.28. The summed E-state index contributed by atoms with van der Waals surface area (Å²) in [6, 6.07) is 8.35. The Balaban J connectivity index is 2.01. The van der Waals surface area contributed by atoms with Crippen molar-refractivity contribution in [2.75, 3.05) is 25.4 Å². The summed E-state index contributed by atoms with van der Waals surface area (Å²) in [6.45, 7) is 10.5. The summed E-state index contributed by atoms with van der Waals surface area (Å²) in [5.74, 6) is 0.965. The van der Waals surface area contributed by atoms with Crippen molar-refractivity contribution in [2.24, 2.45) is 5.92 Å². The Bertz CT molecular complexity index is 377. The van der Waals surface area contributed by atoms with Crippen LogP contribution in [0.2, 0.25) is 0 Å². The average molecular weight is 246 g/mol. The minimum Gasteiger partial charge on any atom is -0.399 e. The summed E-state index contributed by atoms with van der Waals surface area (Å²) in [5, 5.41) is 0. The monoisotopic (exact) mass is 246 g/mol. The lowest BCUT2D eigenvalue weighted by Gasteiger charge is -2.32. The van der Waals surface area contributed by atoms with Crippen LogP contribution in [-0.2, 0) is 5.41 Å². The van der Waals surface area contributed by atoms with Crippen LogP contribution in [0.5, 0.6) is 0 Å². The van der Waals surface area contributed by atoms with Gasteiger partial charge in [0.05, 0.1) is 0 Å². The molecule has 0 amide bonds. The smallest absolute Gasteiger partial charge is 0.0314 e. The quantitative estimate of drug-likeness (QED) is 0.781. The number of hydrogen-bond acceptors (Lipinski definition) is 2. The van der Waals surface area contributed by atoms with Crippen LogP contribution in [0.15, 0.2) is 24.3 Å². The fraction of sp³-hybridized carbons (Fsp3) is 0.625. The minimum atomic E-state index is 0.193. The number of nitrogen functional groups attached to an aromatic ring is 1. The SMILES string of the molecule is CCN(CC1CC1)CC(C)(C)c1ccc(N)cc1. The molecule has 2 nitrogen and oxygen atoms in total. The summed E-state index contributed by atoms with van der Waals surface area (Å²) < 4.78 is 0. The van der Waals surface area contributed by atoms with Gasteiger partial charge in [0, 0.05) is 24.2 Å². The van der Waals surface area contributed by atoms with Crippen LogP contribution in [-0.4, -0.2) is 24.5 Å². The molecule has 0 heterocycles. The van der Waals surface area contributed by atoms with E-state index in [9.17, 15) is 0 Å². The third kappa shape index (κ3) is 3.49. The van der Waals surface area contributed by atoms with E-state index < -0.39 is 0 Å². The molecular formula is C16H26N2. The van der Waals surface area contributed by atoms with Crippen LogP contribution in [0, 0.1) is 5.92 Å². The van der Waals surface area contributed by atoms with Gasteiger partial charge in [-0.25, -0.2) is 0 Å². The van der Waals surface area contributed by atoms with Gasteiger partial charge in [-0.15, -0.1) is 0 Å². The Kier molecular flexibility index (Phi) is 3.96. The van der Waals surface area contributed by atoms with Crippen molar-refractivity contribution >= 4 is 5.69 Å². The number of likely N-dealkylation sites (N-methyl/N-ethyl adjacent to an activating group) is 1. The molecule has 2 N–H and O–H groups in total. The van der Waals surface area contributed by atoms with Crippen molar-refractivity contribution in [3.05, 3.63) is 29.8 Å². The first-order valence-electron chi connectivity index (χ1n) is 7.09. The molecule has 1 aromatic carbocycles. The molecule has 0 aliphatic heterocycles. The van der Waals surface area contributed by atoms with E-state index in [1.807, 2.05) is 12.1 Å². The predicted molar refractivity (Wildman–Crippen MR) is 78.7 cm³/mol. The Labute approximate surface area is 111 Å². The maximum absolute atomic E-state index is 5.76. The number of nitrogens with zero attached hydrogens (tertiary/aromatic N) is 1. The van der Waals surface area contributed by atoms with Gasteiger partial charge in [-0.1, -0.05) is 32.9 Å². The summed E-state index contributed by atoms with van der Waals surface area (Å²) in [7, 11) is 0. The number of anilines is 1. The zero-order valence-electron chi connectivity index (χ0n) is 11.9. The maximum atomic E-state index is 5.76. The molecule has 0 aromatic heterocycles. The Morgan fingerprint density at radius 1 is 1.22 bits per heavy atom. The first-order chi connectivity index (χ1) is 8.51. The largest absolute Gasteiger partial charge is 0.399 e. The molecule has 2 rings (SSSR count). The molecule has 1 aliphatic rings. The molecule has 1 saturated carbocycles. The van der Waals surface area contributed by atoms with E-state index in [1.54, 1.807) is 0 Å². The van der Waals surface area contributed by atoms with Crippen molar-refractivity contribution in [1.82, 2.24) is 4.90 Å². The van der Waals surface area contributed by atoms with Crippen molar-refractivity contribution in [3.63, 3.8) is 0 Å². The predicted octanol–water partition coefficient (Wildman–Crippen LogP) is 3.28. The molecule has 2 heteroatoms. The lowest BCUT2D eigenvalue weighted by molar-refractivity contribution is 0.225. The molecule has 0 atom stereocenters. The van der Waals surface area contributed by atoms with Crippen molar-refractivity contribution in [1.29, 1.82) is 0 Å². The number of benzene rings is 1. The number of nitrogens with two attached hydrogens (primary N) is 1. The average Bonchev–Trinajstić information content (AvgIpc) is 3.12. The van der Waals surface area contributed by atoms with Crippen LogP contribution in [0.3, 0.4) is 0 Å². The maximum Gasteiger partial charge on any atom is 0.0314 e. The van der Waals surface area contributed by atoms with E-state index in [0.29, 0.717) is 0 Å². The molecule has 0 unspecified atom stereocenters. The van der Waals surface area contributed by atoms with Gasteiger partial charge in [-0.2, -0.15) is 0 Å². The van der Waals surface area contributed by atoms with Crippen molar-refractivity contribution in [3.8, 4) is 0 Å². The topological polar surface area (TPSA) is 29.3 Å². The highest BCUT2D eigenvalue weighted by atomic mass is 15.1. The van der Waals surface area contributed by atoms with Crippen molar-refractivity contribution in [2.45, 2.75) is 39.0 Å². The lowest BCUT2D eigenvalue weighted by Crippen LogP contribution is -2.38. The van der Waals surface area contributed by atoms with E-state index in [2.05, 4.69) is 37.8 Å².